The molecule has 0 fully saturated rings. The van der Waals surface area contributed by atoms with Crippen molar-refractivity contribution >= 4 is 16.9 Å². The number of aryl methyl sites for hydroxylation is 1. The van der Waals surface area contributed by atoms with Crippen LogP contribution in [-0.4, -0.2) is 29.7 Å². The molecule has 2 unspecified atom stereocenters. The lowest BCUT2D eigenvalue weighted by Crippen LogP contribution is -2.52. The zero-order chi connectivity index (χ0) is 30.0. The van der Waals surface area contributed by atoms with Crippen molar-refractivity contribution in [3.05, 3.63) is 58.7 Å². The molecule has 41 heavy (non-hydrogen) atoms. The number of aromatic nitrogens is 1. The fraction of sp³-hybridized carbons (Fsp3) is 0.559. The van der Waals surface area contributed by atoms with Crippen molar-refractivity contribution in [1.82, 2.24) is 4.98 Å². The van der Waals surface area contributed by atoms with Gasteiger partial charge >= 0.3 is 11.6 Å². The molecule has 7 nitrogen and oxygen atoms in total. The maximum Gasteiger partial charge on any atom is 0.344 e. The molecule has 1 aromatic carbocycles. The minimum atomic E-state index is -0.957. The molecule has 0 aliphatic carbocycles. The summed E-state index contributed by atoms with van der Waals surface area (Å²) in [5.41, 5.74) is 7.96. The number of ether oxygens (including phenoxy) is 2. The van der Waals surface area contributed by atoms with E-state index < -0.39 is 5.54 Å². The van der Waals surface area contributed by atoms with Gasteiger partial charge in [0, 0.05) is 17.8 Å². The van der Waals surface area contributed by atoms with E-state index in [2.05, 4.69) is 25.8 Å². The molecule has 2 aromatic heterocycles. The Hall–Kier alpha value is -3.19. The molecule has 0 amide bonds. The number of nitrogens with two attached hydrogens (primary N) is 1. The molecule has 3 rings (SSSR count). The molecule has 2 N–H and O–H groups in total. The molecule has 0 saturated carbocycles. The van der Waals surface area contributed by atoms with Crippen molar-refractivity contribution in [2.24, 2.45) is 17.1 Å². The number of esters is 1. The van der Waals surface area contributed by atoms with Crippen molar-refractivity contribution in [2.45, 2.75) is 98.4 Å². The first-order chi connectivity index (χ1) is 19.4. The second-order valence-electron chi connectivity index (χ2n) is 12.7. The molecular weight excluding hydrogens is 516 g/mol. The van der Waals surface area contributed by atoms with Gasteiger partial charge in [0.1, 0.15) is 16.9 Å². The SMILES string of the molecule is Cc1cc(-c2cc3cnccc3oc2=O)ccc1OCCCCCCCCCOC(=O)C(C)(N)C(C)CC(C)(C)C. The van der Waals surface area contributed by atoms with Gasteiger partial charge in [-0.25, -0.2) is 4.79 Å². The van der Waals surface area contributed by atoms with Crippen molar-refractivity contribution in [3.63, 3.8) is 0 Å². The van der Waals surface area contributed by atoms with Gasteiger partial charge in [0.2, 0.25) is 0 Å². The van der Waals surface area contributed by atoms with E-state index in [1.807, 2.05) is 38.1 Å². The number of fused-ring (bicyclic) bond motifs is 1. The average Bonchev–Trinajstić information content (AvgIpc) is 2.90. The van der Waals surface area contributed by atoms with Crippen LogP contribution in [0.2, 0.25) is 0 Å². The quantitative estimate of drug-likeness (QED) is 0.150. The third-order valence-corrected chi connectivity index (χ3v) is 7.68. The lowest BCUT2D eigenvalue weighted by molar-refractivity contribution is -0.152. The van der Waals surface area contributed by atoms with Gasteiger partial charge in [0.25, 0.3) is 0 Å². The molecule has 0 radical (unpaired) electrons. The molecule has 7 heteroatoms. The van der Waals surface area contributed by atoms with Crippen molar-refractivity contribution in [3.8, 4) is 16.9 Å². The van der Waals surface area contributed by atoms with Crippen LogP contribution in [0.4, 0.5) is 0 Å². The lowest BCUT2D eigenvalue weighted by Gasteiger charge is -2.33. The van der Waals surface area contributed by atoms with Crippen LogP contribution >= 0.6 is 0 Å². The van der Waals surface area contributed by atoms with Crippen LogP contribution in [0.5, 0.6) is 5.75 Å². The van der Waals surface area contributed by atoms with Gasteiger partial charge in [-0.2, -0.15) is 0 Å². The van der Waals surface area contributed by atoms with Crippen LogP contribution in [-0.2, 0) is 9.53 Å². The first-order valence-corrected chi connectivity index (χ1v) is 15.0. The van der Waals surface area contributed by atoms with Gasteiger partial charge in [-0.3, -0.25) is 9.78 Å². The van der Waals surface area contributed by atoms with E-state index in [4.69, 9.17) is 19.6 Å². The highest BCUT2D eigenvalue weighted by Crippen LogP contribution is 2.30. The minimum absolute atomic E-state index is 0.0546. The van der Waals surface area contributed by atoms with Crippen molar-refractivity contribution in [1.29, 1.82) is 0 Å². The topological polar surface area (TPSA) is 105 Å². The molecule has 0 aliphatic heterocycles. The predicted octanol–water partition coefficient (Wildman–Crippen LogP) is 7.61. The standard InChI is InChI=1S/C34H48N2O5/c1-24-20-26(28-21-27-23-36-17-16-30(27)41-31(28)37)14-15-29(24)39-18-12-10-8-7-9-11-13-19-40-32(38)34(6,35)25(2)22-33(3,4)5/h14-17,20-21,23,25H,7-13,18-19,22,35H2,1-6H3. The number of nitrogens with zero attached hydrogens (tertiary/aromatic N) is 1. The van der Waals surface area contributed by atoms with Crippen LogP contribution < -0.4 is 16.1 Å². The largest absolute Gasteiger partial charge is 0.493 e. The van der Waals surface area contributed by atoms with Crippen LogP contribution in [0.1, 0.15) is 91.5 Å². The highest BCUT2D eigenvalue weighted by molar-refractivity contribution is 5.81. The summed E-state index contributed by atoms with van der Waals surface area (Å²) in [5.74, 6) is 0.589. The molecule has 0 bridgehead atoms. The first kappa shape index (κ1) is 32.3. The fourth-order valence-corrected chi connectivity index (χ4v) is 5.07. The number of unbranched alkanes of at least 4 members (excludes halogenated alkanes) is 6. The zero-order valence-electron chi connectivity index (χ0n) is 25.8. The Morgan fingerprint density at radius 3 is 2.29 bits per heavy atom. The summed E-state index contributed by atoms with van der Waals surface area (Å²) >= 11 is 0. The summed E-state index contributed by atoms with van der Waals surface area (Å²) in [7, 11) is 0. The normalized spacial score (nSPS) is 14.0. The number of hydrogen-bond acceptors (Lipinski definition) is 7. The third kappa shape index (κ3) is 9.70. The van der Waals surface area contributed by atoms with Crippen molar-refractivity contribution in [2.75, 3.05) is 13.2 Å². The van der Waals surface area contributed by atoms with E-state index in [-0.39, 0.29) is 22.9 Å². The summed E-state index contributed by atoms with van der Waals surface area (Å²) in [4.78, 5) is 29.1. The van der Waals surface area contributed by atoms with Crippen molar-refractivity contribution < 1.29 is 18.7 Å². The van der Waals surface area contributed by atoms with Gasteiger partial charge in [0.05, 0.1) is 18.8 Å². The Morgan fingerprint density at radius 1 is 0.976 bits per heavy atom. The Kier molecular flexibility index (Phi) is 11.5. The number of pyridine rings is 1. The van der Waals surface area contributed by atoms with Crippen LogP contribution in [0.25, 0.3) is 22.1 Å². The Labute approximate surface area is 244 Å². The molecule has 3 aromatic rings. The summed E-state index contributed by atoms with van der Waals surface area (Å²) < 4.78 is 17.0. The van der Waals surface area contributed by atoms with Crippen LogP contribution in [0.3, 0.4) is 0 Å². The maximum absolute atomic E-state index is 12.5. The van der Waals surface area contributed by atoms with E-state index in [9.17, 15) is 9.59 Å². The second kappa shape index (κ2) is 14.6. The number of rotatable bonds is 15. The third-order valence-electron chi connectivity index (χ3n) is 7.68. The second-order valence-corrected chi connectivity index (χ2v) is 12.7. The monoisotopic (exact) mass is 564 g/mol. The fourth-order valence-electron chi connectivity index (χ4n) is 5.07. The van der Waals surface area contributed by atoms with Gasteiger partial charge in [-0.15, -0.1) is 0 Å². The molecule has 0 spiro atoms. The van der Waals surface area contributed by atoms with Gasteiger partial charge < -0.3 is 19.6 Å². The Balaban J connectivity index is 1.29. The molecular formula is C34H48N2O5. The first-order valence-electron chi connectivity index (χ1n) is 15.0. The predicted molar refractivity (Wildman–Crippen MR) is 165 cm³/mol. The average molecular weight is 565 g/mol. The van der Waals surface area contributed by atoms with Crippen LogP contribution in [0.15, 0.2) is 51.9 Å². The maximum atomic E-state index is 12.5. The Bertz CT molecular complexity index is 1340. The number of benzene rings is 1. The van der Waals surface area contributed by atoms with E-state index in [0.29, 0.717) is 24.4 Å². The summed E-state index contributed by atoms with van der Waals surface area (Å²) in [6.07, 6.45) is 11.6. The lowest BCUT2D eigenvalue weighted by atomic mass is 9.76. The van der Waals surface area contributed by atoms with E-state index in [1.165, 1.54) is 0 Å². The molecule has 0 saturated heterocycles. The van der Waals surface area contributed by atoms with Crippen LogP contribution in [0, 0.1) is 18.3 Å². The molecule has 2 atom stereocenters. The number of carbonyl (C=O) groups excluding carboxylic acids is 1. The summed E-state index contributed by atoms with van der Waals surface area (Å²) in [6.45, 7) is 13.4. The highest BCUT2D eigenvalue weighted by atomic mass is 16.5. The summed E-state index contributed by atoms with van der Waals surface area (Å²) in [5, 5.41) is 0.791. The van der Waals surface area contributed by atoms with Gasteiger partial charge in [0.15, 0.2) is 0 Å². The molecule has 224 valence electrons. The van der Waals surface area contributed by atoms with Gasteiger partial charge in [-0.05, 0) is 79.8 Å². The highest BCUT2D eigenvalue weighted by Gasteiger charge is 2.38. The minimum Gasteiger partial charge on any atom is -0.493 e. The zero-order valence-corrected chi connectivity index (χ0v) is 25.8. The Morgan fingerprint density at radius 2 is 1.63 bits per heavy atom. The smallest absolute Gasteiger partial charge is 0.344 e. The number of hydrogen-bond donors (Lipinski definition) is 1. The summed E-state index contributed by atoms with van der Waals surface area (Å²) in [6, 6.07) is 9.29. The van der Waals surface area contributed by atoms with E-state index >= 15 is 0 Å². The molecule has 0 aliphatic rings. The molecule has 2 heterocycles. The van der Waals surface area contributed by atoms with E-state index in [1.54, 1.807) is 25.4 Å². The number of carbonyl (C=O) groups is 1. The van der Waals surface area contributed by atoms with E-state index in [0.717, 1.165) is 73.6 Å². The van der Waals surface area contributed by atoms with Gasteiger partial charge in [-0.1, -0.05) is 65.9 Å².